The normalized spacial score (nSPS) is 9.58. The Morgan fingerprint density at radius 2 is 1.58 bits per heavy atom. The molecule has 0 aliphatic heterocycles. The van der Waals surface area contributed by atoms with Gasteiger partial charge in [0.15, 0.2) is 5.75 Å². The van der Waals surface area contributed by atoms with Crippen LogP contribution in [0.1, 0.15) is 13.8 Å². The summed E-state index contributed by atoms with van der Waals surface area (Å²) in [6.45, 7) is 3.36. The van der Waals surface area contributed by atoms with Crippen LogP contribution in [0.3, 0.4) is 0 Å². The first-order valence-electron chi connectivity index (χ1n) is 5.38. The summed E-state index contributed by atoms with van der Waals surface area (Å²) in [5, 5.41) is 0. The van der Waals surface area contributed by atoms with Gasteiger partial charge in [-0.05, 0) is 13.8 Å². The van der Waals surface area contributed by atoms with Crippen LogP contribution in [-0.4, -0.2) is 25.5 Å². The van der Waals surface area contributed by atoms with Crippen molar-refractivity contribution in [3.63, 3.8) is 0 Å². The van der Waals surface area contributed by atoms with Crippen LogP contribution in [0.25, 0.3) is 0 Å². The van der Waals surface area contributed by atoms with Crippen molar-refractivity contribution in [2.45, 2.75) is 13.8 Å². The smallest absolute Gasteiger partial charge is 0.434 e. The molecular formula is C11H12O8. The molecule has 0 aliphatic carbocycles. The summed E-state index contributed by atoms with van der Waals surface area (Å²) in [4.78, 5) is 33.3. The van der Waals surface area contributed by atoms with E-state index in [0.29, 0.717) is 0 Å². The molecule has 0 aliphatic rings. The fourth-order valence-electron chi connectivity index (χ4n) is 1.01. The third-order valence-corrected chi connectivity index (χ3v) is 1.68. The first-order chi connectivity index (χ1) is 9.06. The molecule has 1 aromatic rings. The van der Waals surface area contributed by atoms with Crippen molar-refractivity contribution in [2.75, 3.05) is 13.2 Å². The average Bonchev–Trinajstić information content (AvgIpc) is 2.33. The van der Waals surface area contributed by atoms with Crippen molar-refractivity contribution in [3.05, 3.63) is 22.7 Å². The molecule has 0 aromatic carbocycles. The molecule has 1 aromatic heterocycles. The molecule has 1 heterocycles. The summed E-state index contributed by atoms with van der Waals surface area (Å²) in [6.07, 6.45) is -1.24. The van der Waals surface area contributed by atoms with Crippen LogP contribution in [0, 0.1) is 0 Å². The van der Waals surface area contributed by atoms with E-state index in [1.165, 1.54) is 0 Å². The summed E-state index contributed by atoms with van der Waals surface area (Å²) in [5.41, 5.74) is -0.782. The van der Waals surface area contributed by atoms with Gasteiger partial charge in [0.05, 0.1) is 19.3 Å². The van der Waals surface area contributed by atoms with Crippen LogP contribution in [0.5, 0.6) is 11.5 Å². The number of carbonyl (C=O) groups is 2. The highest BCUT2D eigenvalue weighted by Crippen LogP contribution is 2.25. The zero-order valence-corrected chi connectivity index (χ0v) is 10.3. The maximum Gasteiger partial charge on any atom is 0.514 e. The molecule has 0 spiro atoms. The van der Waals surface area contributed by atoms with Gasteiger partial charge in [-0.15, -0.1) is 0 Å². The van der Waals surface area contributed by atoms with Crippen molar-refractivity contribution in [2.24, 2.45) is 0 Å². The Balaban J connectivity index is 2.88. The van der Waals surface area contributed by atoms with Gasteiger partial charge in [0, 0.05) is 0 Å². The van der Waals surface area contributed by atoms with Crippen LogP contribution in [0.2, 0.25) is 0 Å². The van der Waals surface area contributed by atoms with E-state index < -0.39 is 17.9 Å². The topological polar surface area (TPSA) is 101 Å². The Morgan fingerprint density at radius 1 is 1.05 bits per heavy atom. The summed E-state index contributed by atoms with van der Waals surface area (Å²) >= 11 is 0. The highest BCUT2D eigenvalue weighted by molar-refractivity contribution is 5.68. The Hall–Kier alpha value is -2.51. The van der Waals surface area contributed by atoms with Gasteiger partial charge >= 0.3 is 17.9 Å². The third kappa shape index (κ3) is 4.70. The Labute approximate surface area is 107 Å². The van der Waals surface area contributed by atoms with Crippen molar-refractivity contribution in [1.29, 1.82) is 0 Å². The zero-order chi connectivity index (χ0) is 14.3. The lowest BCUT2D eigenvalue weighted by atomic mass is 10.4. The highest BCUT2D eigenvalue weighted by Gasteiger charge is 2.16. The SMILES string of the molecule is CCOC(=O)Oc1coc(=O)cc1OC(=O)OCC. The van der Waals surface area contributed by atoms with Crippen molar-refractivity contribution >= 4 is 12.3 Å². The molecule has 0 saturated carbocycles. The standard InChI is InChI=1S/C11H12O8/c1-3-15-10(13)18-7-5-9(12)17-6-8(7)19-11(14)16-4-2/h5-6H,3-4H2,1-2H3. The molecule has 104 valence electrons. The fourth-order valence-corrected chi connectivity index (χ4v) is 1.01. The fraction of sp³-hybridized carbons (Fsp3) is 0.364. The van der Waals surface area contributed by atoms with E-state index >= 15 is 0 Å². The van der Waals surface area contributed by atoms with Gasteiger partial charge in [0.2, 0.25) is 5.75 Å². The van der Waals surface area contributed by atoms with Crippen LogP contribution in [0.15, 0.2) is 21.5 Å². The van der Waals surface area contributed by atoms with Crippen molar-refractivity contribution < 1.29 is 33.0 Å². The van der Waals surface area contributed by atoms with Gasteiger partial charge in [-0.2, -0.15) is 0 Å². The van der Waals surface area contributed by atoms with E-state index in [1.54, 1.807) is 13.8 Å². The zero-order valence-electron chi connectivity index (χ0n) is 10.3. The lowest BCUT2D eigenvalue weighted by Crippen LogP contribution is -2.15. The first kappa shape index (κ1) is 14.6. The maximum atomic E-state index is 11.1. The van der Waals surface area contributed by atoms with E-state index in [4.69, 9.17) is 9.47 Å². The molecule has 1 rings (SSSR count). The van der Waals surface area contributed by atoms with Crippen LogP contribution >= 0.6 is 0 Å². The number of rotatable bonds is 4. The molecule has 8 nitrogen and oxygen atoms in total. The summed E-state index contributed by atoms with van der Waals surface area (Å²) in [6, 6.07) is 0.839. The molecule has 0 radical (unpaired) electrons. The Kier molecular flexibility index (Phi) is 5.39. The van der Waals surface area contributed by atoms with Gasteiger partial charge in [0.25, 0.3) is 0 Å². The summed E-state index contributed by atoms with van der Waals surface area (Å²) in [7, 11) is 0. The molecular weight excluding hydrogens is 260 g/mol. The molecule has 0 unspecified atom stereocenters. The lowest BCUT2D eigenvalue weighted by molar-refractivity contribution is 0.0928. The number of hydrogen-bond acceptors (Lipinski definition) is 8. The monoisotopic (exact) mass is 272 g/mol. The van der Waals surface area contributed by atoms with E-state index in [9.17, 15) is 14.4 Å². The van der Waals surface area contributed by atoms with E-state index in [-0.39, 0.29) is 24.7 Å². The lowest BCUT2D eigenvalue weighted by Gasteiger charge is -2.08. The predicted molar refractivity (Wildman–Crippen MR) is 60.3 cm³/mol. The molecule has 0 saturated heterocycles. The average molecular weight is 272 g/mol. The molecule has 19 heavy (non-hydrogen) atoms. The van der Waals surface area contributed by atoms with Gasteiger partial charge < -0.3 is 23.4 Å². The van der Waals surface area contributed by atoms with Gasteiger partial charge in [-0.25, -0.2) is 14.4 Å². The van der Waals surface area contributed by atoms with E-state index in [0.717, 1.165) is 12.3 Å². The summed E-state index contributed by atoms with van der Waals surface area (Å²) in [5.74, 6) is -0.575. The maximum absolute atomic E-state index is 11.1. The Morgan fingerprint density at radius 3 is 2.11 bits per heavy atom. The van der Waals surface area contributed by atoms with Gasteiger partial charge in [-0.1, -0.05) is 0 Å². The van der Waals surface area contributed by atoms with E-state index in [2.05, 4.69) is 13.9 Å². The minimum Gasteiger partial charge on any atom is -0.434 e. The second kappa shape index (κ2) is 7.04. The minimum atomic E-state index is -1.04. The van der Waals surface area contributed by atoms with Gasteiger partial charge in [0.1, 0.15) is 6.26 Å². The third-order valence-electron chi connectivity index (χ3n) is 1.68. The quantitative estimate of drug-likeness (QED) is 0.763. The molecule has 0 N–H and O–H groups in total. The first-order valence-corrected chi connectivity index (χ1v) is 5.38. The van der Waals surface area contributed by atoms with Crippen LogP contribution in [0.4, 0.5) is 9.59 Å². The second-order valence-corrected chi connectivity index (χ2v) is 3.00. The Bertz CT molecular complexity index is 504. The second-order valence-electron chi connectivity index (χ2n) is 3.00. The molecule has 0 atom stereocenters. The van der Waals surface area contributed by atoms with Gasteiger partial charge in [-0.3, -0.25) is 0 Å². The molecule has 0 amide bonds. The number of hydrogen-bond donors (Lipinski definition) is 0. The largest absolute Gasteiger partial charge is 0.514 e. The van der Waals surface area contributed by atoms with Crippen molar-refractivity contribution in [3.8, 4) is 11.5 Å². The predicted octanol–water partition coefficient (Wildman–Crippen LogP) is 1.71. The molecule has 0 fully saturated rings. The van der Waals surface area contributed by atoms with E-state index in [1.807, 2.05) is 0 Å². The minimum absolute atomic E-state index is 0.0916. The van der Waals surface area contributed by atoms with Crippen molar-refractivity contribution in [1.82, 2.24) is 0 Å². The van der Waals surface area contributed by atoms with Crippen LogP contribution in [-0.2, 0) is 9.47 Å². The number of carbonyl (C=O) groups excluding carboxylic acids is 2. The highest BCUT2D eigenvalue weighted by atomic mass is 16.7. The van der Waals surface area contributed by atoms with Crippen LogP contribution < -0.4 is 15.1 Å². The number of ether oxygens (including phenoxy) is 4. The molecule has 8 heteroatoms. The molecule has 0 bridgehead atoms. The summed E-state index contributed by atoms with van der Waals surface area (Å²) < 4.78 is 22.9.